The number of hydrogen-bond donors (Lipinski definition) is 2. The van der Waals surface area contributed by atoms with Gasteiger partial charge >= 0.3 is 0 Å². The summed E-state index contributed by atoms with van der Waals surface area (Å²) in [5.74, 6) is 0.457. The molecule has 1 fully saturated rings. The van der Waals surface area contributed by atoms with Gasteiger partial charge in [0.25, 0.3) is 5.91 Å². The average molecular weight is 288 g/mol. The molecule has 1 aromatic carbocycles. The maximum Gasteiger partial charge on any atom is 0.251 e. The van der Waals surface area contributed by atoms with Crippen molar-refractivity contribution in [2.24, 2.45) is 5.92 Å². The fraction of sp³-hybridized carbons (Fsp3) is 0.529. The van der Waals surface area contributed by atoms with Crippen molar-refractivity contribution in [3.63, 3.8) is 0 Å². The van der Waals surface area contributed by atoms with Crippen LogP contribution >= 0.6 is 0 Å². The van der Waals surface area contributed by atoms with Gasteiger partial charge in [-0.3, -0.25) is 9.59 Å². The fourth-order valence-corrected chi connectivity index (χ4v) is 2.79. The molecule has 21 heavy (non-hydrogen) atoms. The monoisotopic (exact) mass is 288 g/mol. The minimum absolute atomic E-state index is 0.0297. The van der Waals surface area contributed by atoms with E-state index < -0.39 is 0 Å². The van der Waals surface area contributed by atoms with E-state index >= 15 is 0 Å². The number of amides is 2. The first kappa shape index (κ1) is 15.5. The van der Waals surface area contributed by atoms with Gasteiger partial charge in [0.2, 0.25) is 5.91 Å². The summed E-state index contributed by atoms with van der Waals surface area (Å²) in [4.78, 5) is 23.7. The smallest absolute Gasteiger partial charge is 0.251 e. The summed E-state index contributed by atoms with van der Waals surface area (Å²) in [6.45, 7) is 2.57. The zero-order valence-electron chi connectivity index (χ0n) is 12.6. The largest absolute Gasteiger partial charge is 0.353 e. The molecule has 0 heterocycles. The van der Waals surface area contributed by atoms with E-state index in [0.29, 0.717) is 30.5 Å². The highest BCUT2D eigenvalue weighted by Crippen LogP contribution is 2.23. The molecule has 2 rings (SSSR count). The molecule has 1 aromatic rings. The SMILES string of the molecule is CC1CCCCC1NC(=O)CCNC(=O)c1ccccc1. The number of hydrogen-bond acceptors (Lipinski definition) is 2. The normalized spacial score (nSPS) is 21.6. The highest BCUT2D eigenvalue weighted by atomic mass is 16.2. The van der Waals surface area contributed by atoms with Crippen molar-refractivity contribution >= 4 is 11.8 Å². The highest BCUT2D eigenvalue weighted by molar-refractivity contribution is 5.94. The van der Waals surface area contributed by atoms with Crippen LogP contribution in [-0.4, -0.2) is 24.4 Å². The van der Waals surface area contributed by atoms with Crippen LogP contribution in [0.5, 0.6) is 0 Å². The zero-order valence-corrected chi connectivity index (χ0v) is 12.6. The first-order valence-electron chi connectivity index (χ1n) is 7.79. The van der Waals surface area contributed by atoms with Crippen LogP contribution in [0.4, 0.5) is 0 Å². The van der Waals surface area contributed by atoms with E-state index in [1.807, 2.05) is 18.2 Å². The van der Waals surface area contributed by atoms with Crippen molar-refractivity contribution in [3.8, 4) is 0 Å². The van der Waals surface area contributed by atoms with Gasteiger partial charge in [-0.1, -0.05) is 38.0 Å². The van der Waals surface area contributed by atoms with Crippen LogP contribution in [-0.2, 0) is 4.79 Å². The second-order valence-electron chi connectivity index (χ2n) is 5.81. The van der Waals surface area contributed by atoms with Gasteiger partial charge in [-0.2, -0.15) is 0 Å². The molecule has 1 aliphatic rings. The number of carbonyl (C=O) groups excluding carboxylic acids is 2. The third kappa shape index (κ3) is 4.88. The van der Waals surface area contributed by atoms with Crippen LogP contribution in [0.15, 0.2) is 30.3 Å². The lowest BCUT2D eigenvalue weighted by Crippen LogP contribution is -2.42. The number of rotatable bonds is 5. The molecule has 2 N–H and O–H groups in total. The third-order valence-corrected chi connectivity index (χ3v) is 4.13. The molecule has 0 bridgehead atoms. The number of benzene rings is 1. The zero-order chi connectivity index (χ0) is 15.1. The van der Waals surface area contributed by atoms with Gasteiger partial charge in [0.05, 0.1) is 0 Å². The van der Waals surface area contributed by atoms with Crippen molar-refractivity contribution in [2.75, 3.05) is 6.54 Å². The molecule has 2 amide bonds. The van der Waals surface area contributed by atoms with Crippen molar-refractivity contribution in [1.82, 2.24) is 10.6 Å². The molecular formula is C17H24N2O2. The standard InChI is InChI=1S/C17H24N2O2/c1-13-7-5-6-10-15(13)19-16(20)11-12-18-17(21)14-8-3-2-4-9-14/h2-4,8-9,13,15H,5-7,10-12H2,1H3,(H,18,21)(H,19,20). The van der Waals surface area contributed by atoms with Crippen molar-refractivity contribution in [3.05, 3.63) is 35.9 Å². The summed E-state index contributed by atoms with van der Waals surface area (Å²) in [5.41, 5.74) is 0.624. The lowest BCUT2D eigenvalue weighted by atomic mass is 9.86. The molecule has 4 heteroatoms. The molecular weight excluding hydrogens is 264 g/mol. The minimum atomic E-state index is -0.130. The number of carbonyl (C=O) groups is 2. The summed E-state index contributed by atoms with van der Waals surface area (Å²) in [7, 11) is 0. The Morgan fingerprint density at radius 3 is 2.57 bits per heavy atom. The quantitative estimate of drug-likeness (QED) is 0.874. The van der Waals surface area contributed by atoms with Gasteiger partial charge in [0.1, 0.15) is 0 Å². The predicted octanol–water partition coefficient (Wildman–Crippen LogP) is 2.50. The van der Waals surface area contributed by atoms with Gasteiger partial charge in [0, 0.05) is 24.6 Å². The van der Waals surface area contributed by atoms with Gasteiger partial charge in [0.15, 0.2) is 0 Å². The second-order valence-corrected chi connectivity index (χ2v) is 5.81. The Hall–Kier alpha value is -1.84. The van der Waals surface area contributed by atoms with Crippen LogP contribution in [0, 0.1) is 5.92 Å². The lowest BCUT2D eigenvalue weighted by molar-refractivity contribution is -0.122. The van der Waals surface area contributed by atoms with Crippen LogP contribution < -0.4 is 10.6 Å². The summed E-state index contributed by atoms with van der Waals surface area (Å²) in [6, 6.07) is 9.35. The topological polar surface area (TPSA) is 58.2 Å². The Kier molecular flexibility index (Phi) is 5.78. The van der Waals surface area contributed by atoms with Gasteiger partial charge in [-0.15, -0.1) is 0 Å². The van der Waals surface area contributed by atoms with Gasteiger partial charge < -0.3 is 10.6 Å². The Bertz CT molecular complexity index is 473. The van der Waals surface area contributed by atoms with Crippen molar-refractivity contribution in [1.29, 1.82) is 0 Å². The van der Waals surface area contributed by atoms with E-state index in [4.69, 9.17) is 0 Å². The molecule has 0 radical (unpaired) electrons. The van der Waals surface area contributed by atoms with E-state index in [2.05, 4.69) is 17.6 Å². The van der Waals surface area contributed by atoms with Gasteiger partial charge in [-0.05, 0) is 30.9 Å². The summed E-state index contributed by atoms with van der Waals surface area (Å²) < 4.78 is 0. The third-order valence-electron chi connectivity index (χ3n) is 4.13. The van der Waals surface area contributed by atoms with Crippen LogP contribution in [0.2, 0.25) is 0 Å². The van der Waals surface area contributed by atoms with E-state index in [0.717, 1.165) is 6.42 Å². The highest BCUT2D eigenvalue weighted by Gasteiger charge is 2.22. The summed E-state index contributed by atoms with van der Waals surface area (Å²) >= 11 is 0. The van der Waals surface area contributed by atoms with Crippen molar-refractivity contribution in [2.45, 2.75) is 45.1 Å². The Morgan fingerprint density at radius 2 is 1.86 bits per heavy atom. The van der Waals surface area contributed by atoms with Crippen molar-refractivity contribution < 1.29 is 9.59 Å². The average Bonchev–Trinajstić information content (AvgIpc) is 2.50. The maximum atomic E-state index is 11.9. The van der Waals surface area contributed by atoms with Crippen LogP contribution in [0.1, 0.15) is 49.4 Å². The predicted molar refractivity (Wildman–Crippen MR) is 83.0 cm³/mol. The molecule has 0 spiro atoms. The van der Waals surface area contributed by atoms with E-state index in [-0.39, 0.29) is 11.8 Å². The van der Waals surface area contributed by atoms with Gasteiger partial charge in [-0.25, -0.2) is 0 Å². The molecule has 2 atom stereocenters. The molecule has 0 aromatic heterocycles. The van der Waals surface area contributed by atoms with Crippen LogP contribution in [0.3, 0.4) is 0 Å². The molecule has 2 unspecified atom stereocenters. The Morgan fingerprint density at radius 1 is 1.14 bits per heavy atom. The molecule has 1 aliphatic carbocycles. The lowest BCUT2D eigenvalue weighted by Gasteiger charge is -2.29. The van der Waals surface area contributed by atoms with E-state index in [9.17, 15) is 9.59 Å². The maximum absolute atomic E-state index is 11.9. The molecule has 114 valence electrons. The summed E-state index contributed by atoms with van der Waals surface area (Å²) in [6.07, 6.45) is 5.06. The van der Waals surface area contributed by atoms with Crippen LogP contribution in [0.25, 0.3) is 0 Å². The first-order chi connectivity index (χ1) is 10.2. The minimum Gasteiger partial charge on any atom is -0.353 e. The Labute approximate surface area is 126 Å². The fourth-order valence-electron chi connectivity index (χ4n) is 2.79. The van der Waals surface area contributed by atoms with E-state index in [1.54, 1.807) is 12.1 Å². The molecule has 1 saturated carbocycles. The molecule has 0 saturated heterocycles. The molecule has 0 aliphatic heterocycles. The Balaban J connectivity index is 1.68. The first-order valence-corrected chi connectivity index (χ1v) is 7.79. The number of nitrogens with one attached hydrogen (secondary N) is 2. The summed E-state index contributed by atoms with van der Waals surface area (Å²) in [5, 5.41) is 5.87. The van der Waals surface area contributed by atoms with E-state index in [1.165, 1.54) is 19.3 Å². The molecule has 4 nitrogen and oxygen atoms in total. The second kappa shape index (κ2) is 7.81.